The predicted octanol–water partition coefficient (Wildman–Crippen LogP) is 1.84. The lowest BCUT2D eigenvalue weighted by Crippen LogP contribution is -2.35. The molecule has 0 bridgehead atoms. The van der Waals surface area contributed by atoms with Gasteiger partial charge < -0.3 is 4.90 Å². The van der Waals surface area contributed by atoms with Crippen LogP contribution < -0.4 is 4.72 Å². The van der Waals surface area contributed by atoms with E-state index < -0.39 is 10.0 Å². The summed E-state index contributed by atoms with van der Waals surface area (Å²) in [5.41, 5.74) is 0. The molecule has 0 saturated carbocycles. The number of likely N-dealkylation sites (tertiary alicyclic amines) is 1. The lowest BCUT2D eigenvalue weighted by atomic mass is 10.2. The molecule has 0 aliphatic carbocycles. The monoisotopic (exact) mass is 282 g/mol. The Morgan fingerprint density at radius 3 is 2.26 bits per heavy atom. The average molecular weight is 282 g/mol. The van der Waals surface area contributed by atoms with E-state index in [1.54, 1.807) is 24.3 Å². The van der Waals surface area contributed by atoms with Gasteiger partial charge in [0.2, 0.25) is 10.0 Å². The Bertz CT molecular complexity index is 465. The molecule has 0 amide bonds. The molecule has 1 aromatic carbocycles. The van der Waals surface area contributed by atoms with Crippen molar-refractivity contribution in [2.75, 3.05) is 26.2 Å². The lowest BCUT2D eigenvalue weighted by Gasteiger charge is -2.19. The van der Waals surface area contributed by atoms with Gasteiger partial charge in [-0.15, -0.1) is 0 Å². The summed E-state index contributed by atoms with van der Waals surface area (Å²) in [6.07, 6.45) is 5.05. The molecular formula is C14H22N2O2S. The third-order valence-corrected chi connectivity index (χ3v) is 4.95. The van der Waals surface area contributed by atoms with Crippen molar-refractivity contribution in [3.8, 4) is 0 Å². The van der Waals surface area contributed by atoms with Gasteiger partial charge >= 0.3 is 0 Å². The number of nitrogens with zero attached hydrogens (tertiary/aromatic N) is 1. The number of sulfonamides is 1. The van der Waals surface area contributed by atoms with Crippen molar-refractivity contribution < 1.29 is 8.42 Å². The van der Waals surface area contributed by atoms with Gasteiger partial charge in [0.25, 0.3) is 0 Å². The molecule has 2 rings (SSSR count). The van der Waals surface area contributed by atoms with Gasteiger partial charge in [-0.1, -0.05) is 31.0 Å². The first-order valence-corrected chi connectivity index (χ1v) is 8.44. The van der Waals surface area contributed by atoms with Gasteiger partial charge in [0.05, 0.1) is 4.90 Å². The Kier molecular flexibility index (Phi) is 5.36. The Balaban J connectivity index is 1.81. The summed E-state index contributed by atoms with van der Waals surface area (Å²) in [7, 11) is -3.35. The number of hydrogen-bond acceptors (Lipinski definition) is 3. The van der Waals surface area contributed by atoms with Gasteiger partial charge in [0.1, 0.15) is 0 Å². The molecule has 4 nitrogen and oxygen atoms in total. The summed E-state index contributed by atoms with van der Waals surface area (Å²) >= 11 is 0. The molecule has 5 heteroatoms. The van der Waals surface area contributed by atoms with Crippen molar-refractivity contribution in [3.05, 3.63) is 30.3 Å². The van der Waals surface area contributed by atoms with Crippen LogP contribution in [-0.4, -0.2) is 39.5 Å². The summed E-state index contributed by atoms with van der Waals surface area (Å²) in [5, 5.41) is 0. The predicted molar refractivity (Wildman–Crippen MR) is 76.5 cm³/mol. The number of hydrogen-bond donors (Lipinski definition) is 1. The van der Waals surface area contributed by atoms with Crippen LogP contribution in [0.2, 0.25) is 0 Å². The maximum atomic E-state index is 12.0. The van der Waals surface area contributed by atoms with E-state index in [1.807, 2.05) is 6.07 Å². The fraction of sp³-hybridized carbons (Fsp3) is 0.571. The van der Waals surface area contributed by atoms with Crippen molar-refractivity contribution in [1.29, 1.82) is 0 Å². The van der Waals surface area contributed by atoms with E-state index >= 15 is 0 Å². The molecule has 19 heavy (non-hydrogen) atoms. The molecule has 0 unspecified atom stereocenters. The number of rotatable bonds is 5. The first kappa shape index (κ1) is 14.5. The highest BCUT2D eigenvalue weighted by molar-refractivity contribution is 7.89. The van der Waals surface area contributed by atoms with Crippen LogP contribution in [-0.2, 0) is 10.0 Å². The number of benzene rings is 1. The molecular weight excluding hydrogens is 260 g/mol. The molecule has 0 aromatic heterocycles. The van der Waals surface area contributed by atoms with Crippen LogP contribution in [0.25, 0.3) is 0 Å². The lowest BCUT2D eigenvalue weighted by molar-refractivity contribution is 0.290. The van der Waals surface area contributed by atoms with E-state index in [4.69, 9.17) is 0 Å². The summed E-state index contributed by atoms with van der Waals surface area (Å²) in [4.78, 5) is 2.69. The second-order valence-electron chi connectivity index (χ2n) is 4.97. The zero-order chi connectivity index (χ0) is 13.6. The Morgan fingerprint density at radius 2 is 1.63 bits per heavy atom. The van der Waals surface area contributed by atoms with Gasteiger partial charge in [0.15, 0.2) is 0 Å². The topological polar surface area (TPSA) is 49.4 Å². The van der Waals surface area contributed by atoms with Crippen molar-refractivity contribution in [3.63, 3.8) is 0 Å². The second kappa shape index (κ2) is 7.03. The summed E-state index contributed by atoms with van der Waals surface area (Å²) < 4.78 is 26.7. The third kappa shape index (κ3) is 4.60. The SMILES string of the molecule is O=S(=O)(NCCN1CCCCCC1)c1ccccc1. The van der Waals surface area contributed by atoms with Crippen LogP contribution in [0.5, 0.6) is 0 Å². The largest absolute Gasteiger partial charge is 0.302 e. The zero-order valence-corrected chi connectivity index (χ0v) is 12.0. The molecule has 1 saturated heterocycles. The van der Waals surface area contributed by atoms with Crippen molar-refractivity contribution in [2.24, 2.45) is 0 Å². The zero-order valence-electron chi connectivity index (χ0n) is 11.2. The van der Waals surface area contributed by atoms with Crippen molar-refractivity contribution in [2.45, 2.75) is 30.6 Å². The van der Waals surface area contributed by atoms with E-state index in [0.717, 1.165) is 19.6 Å². The van der Waals surface area contributed by atoms with Gasteiger partial charge in [-0.2, -0.15) is 0 Å². The molecule has 1 aliphatic heterocycles. The summed E-state index contributed by atoms with van der Waals surface area (Å²) in [6.45, 7) is 3.46. The maximum Gasteiger partial charge on any atom is 0.240 e. The number of nitrogens with one attached hydrogen (secondary N) is 1. The third-order valence-electron chi connectivity index (χ3n) is 3.47. The van der Waals surface area contributed by atoms with Crippen molar-refractivity contribution in [1.82, 2.24) is 9.62 Å². The quantitative estimate of drug-likeness (QED) is 0.896. The first-order valence-electron chi connectivity index (χ1n) is 6.95. The molecule has 0 atom stereocenters. The van der Waals surface area contributed by atoms with Gasteiger partial charge in [-0.3, -0.25) is 0 Å². The van der Waals surface area contributed by atoms with Crippen LogP contribution >= 0.6 is 0 Å². The van der Waals surface area contributed by atoms with E-state index in [0.29, 0.717) is 11.4 Å². The fourth-order valence-corrected chi connectivity index (χ4v) is 3.42. The van der Waals surface area contributed by atoms with Gasteiger partial charge in [-0.05, 0) is 38.1 Å². The Hall–Kier alpha value is -0.910. The highest BCUT2D eigenvalue weighted by atomic mass is 32.2. The van der Waals surface area contributed by atoms with E-state index in [-0.39, 0.29) is 0 Å². The highest BCUT2D eigenvalue weighted by Gasteiger charge is 2.14. The first-order chi connectivity index (χ1) is 9.18. The standard InChI is InChI=1S/C14H22N2O2S/c17-19(18,14-8-4-3-5-9-14)15-10-13-16-11-6-1-2-7-12-16/h3-5,8-9,15H,1-2,6-7,10-13H2. The van der Waals surface area contributed by atoms with Crippen LogP contribution in [0.1, 0.15) is 25.7 Å². The van der Waals surface area contributed by atoms with Crippen molar-refractivity contribution >= 4 is 10.0 Å². The van der Waals surface area contributed by atoms with Crippen LogP contribution in [0.4, 0.5) is 0 Å². The minimum Gasteiger partial charge on any atom is -0.302 e. The van der Waals surface area contributed by atoms with E-state index in [2.05, 4.69) is 9.62 Å². The molecule has 1 aliphatic rings. The minimum atomic E-state index is -3.35. The molecule has 0 radical (unpaired) electrons. The van der Waals surface area contributed by atoms with Crippen LogP contribution in [0, 0.1) is 0 Å². The minimum absolute atomic E-state index is 0.339. The molecule has 0 spiro atoms. The smallest absolute Gasteiger partial charge is 0.240 e. The fourth-order valence-electron chi connectivity index (χ4n) is 2.38. The normalized spacial score (nSPS) is 18.1. The molecule has 1 N–H and O–H groups in total. The summed E-state index contributed by atoms with van der Waals surface area (Å²) in [5.74, 6) is 0. The van der Waals surface area contributed by atoms with E-state index in [9.17, 15) is 8.42 Å². The second-order valence-corrected chi connectivity index (χ2v) is 6.73. The molecule has 1 heterocycles. The van der Waals surface area contributed by atoms with E-state index in [1.165, 1.54) is 25.7 Å². The Labute approximate surface area is 115 Å². The Morgan fingerprint density at radius 1 is 1.00 bits per heavy atom. The van der Waals surface area contributed by atoms with Crippen LogP contribution in [0.15, 0.2) is 35.2 Å². The molecule has 1 aromatic rings. The summed E-state index contributed by atoms with van der Waals surface area (Å²) in [6, 6.07) is 8.53. The van der Waals surface area contributed by atoms with Crippen LogP contribution in [0.3, 0.4) is 0 Å². The average Bonchev–Trinajstić information content (AvgIpc) is 2.68. The maximum absolute atomic E-state index is 12.0. The van der Waals surface area contributed by atoms with Gasteiger partial charge in [0, 0.05) is 13.1 Å². The molecule has 1 fully saturated rings. The molecule has 106 valence electrons. The van der Waals surface area contributed by atoms with Gasteiger partial charge in [-0.25, -0.2) is 13.1 Å². The highest BCUT2D eigenvalue weighted by Crippen LogP contribution is 2.09.